The molecule has 1 aliphatic heterocycles. The molecule has 100 valence electrons. The van der Waals surface area contributed by atoms with Crippen LogP contribution in [0.4, 0.5) is 5.69 Å². The van der Waals surface area contributed by atoms with Gasteiger partial charge in [-0.1, -0.05) is 12.1 Å². The molecule has 0 spiro atoms. The summed E-state index contributed by atoms with van der Waals surface area (Å²) in [4.78, 5) is 36.7. The second-order valence-electron chi connectivity index (χ2n) is 4.32. The highest BCUT2D eigenvalue weighted by atomic mass is 16.5. The summed E-state index contributed by atoms with van der Waals surface area (Å²) in [7, 11) is 1.61. The van der Waals surface area contributed by atoms with Gasteiger partial charge in [0.2, 0.25) is 5.91 Å². The predicted octanol–water partition coefficient (Wildman–Crippen LogP) is 1.34. The van der Waals surface area contributed by atoms with Crippen LogP contribution >= 0.6 is 0 Å². The summed E-state index contributed by atoms with van der Waals surface area (Å²) in [5, 5.41) is 0. The second kappa shape index (κ2) is 5.22. The molecule has 1 heterocycles. The Morgan fingerprint density at radius 2 is 2.05 bits per heavy atom. The average Bonchev–Trinajstić information content (AvgIpc) is 2.42. The van der Waals surface area contributed by atoms with Gasteiger partial charge in [0, 0.05) is 13.5 Å². The molecule has 0 fully saturated rings. The average molecular weight is 261 g/mol. The van der Waals surface area contributed by atoms with Crippen LogP contribution in [-0.2, 0) is 20.7 Å². The first-order valence-electron chi connectivity index (χ1n) is 6.16. The van der Waals surface area contributed by atoms with Crippen LogP contribution < -0.4 is 4.90 Å². The van der Waals surface area contributed by atoms with Crippen molar-refractivity contribution >= 4 is 23.3 Å². The Kier molecular flexibility index (Phi) is 3.64. The van der Waals surface area contributed by atoms with E-state index in [4.69, 9.17) is 4.74 Å². The highest BCUT2D eigenvalue weighted by molar-refractivity contribution is 6.42. The fraction of sp³-hybridized carbons (Fsp3) is 0.357. The highest BCUT2D eigenvalue weighted by Crippen LogP contribution is 2.30. The lowest BCUT2D eigenvalue weighted by Gasteiger charge is -2.27. The molecule has 1 aliphatic rings. The van der Waals surface area contributed by atoms with Gasteiger partial charge in [-0.15, -0.1) is 0 Å². The molecule has 0 aromatic heterocycles. The molecule has 1 aromatic rings. The van der Waals surface area contributed by atoms with E-state index in [0.29, 0.717) is 18.5 Å². The summed E-state index contributed by atoms with van der Waals surface area (Å²) in [6.07, 6.45) is 1.00. The van der Waals surface area contributed by atoms with Gasteiger partial charge in [-0.25, -0.2) is 4.79 Å². The van der Waals surface area contributed by atoms with Gasteiger partial charge in [0.1, 0.15) is 0 Å². The number of ketones is 1. The minimum Gasteiger partial charge on any atom is -0.460 e. The Hall–Kier alpha value is -2.17. The van der Waals surface area contributed by atoms with E-state index in [0.717, 1.165) is 5.56 Å². The fourth-order valence-electron chi connectivity index (χ4n) is 2.21. The number of aryl methyl sites for hydroxylation is 1. The Labute approximate surface area is 111 Å². The number of hydrogen-bond donors (Lipinski definition) is 0. The standard InChI is InChI=1S/C14H15NO4/c1-3-19-14(18)13(17)10-6-4-5-9-7-8-11(16)15(2)12(9)10/h4-6H,3,7-8H2,1-2H3. The van der Waals surface area contributed by atoms with Gasteiger partial charge in [0.15, 0.2) is 0 Å². The summed E-state index contributed by atoms with van der Waals surface area (Å²) >= 11 is 0. The number of nitrogens with zero attached hydrogens (tertiary/aromatic N) is 1. The lowest BCUT2D eigenvalue weighted by Crippen LogP contribution is -2.33. The van der Waals surface area contributed by atoms with Crippen molar-refractivity contribution in [2.45, 2.75) is 19.8 Å². The zero-order valence-electron chi connectivity index (χ0n) is 10.9. The molecule has 0 unspecified atom stereocenters. The van der Waals surface area contributed by atoms with Gasteiger partial charge in [0.05, 0.1) is 17.9 Å². The monoisotopic (exact) mass is 261 g/mol. The molecule has 0 atom stereocenters. The van der Waals surface area contributed by atoms with E-state index in [9.17, 15) is 14.4 Å². The number of ether oxygens (including phenoxy) is 1. The first-order chi connectivity index (χ1) is 9.06. The van der Waals surface area contributed by atoms with Crippen LogP contribution in [0, 0.1) is 0 Å². The Balaban J connectivity index is 2.45. The second-order valence-corrected chi connectivity index (χ2v) is 4.32. The molecule has 0 saturated carbocycles. The van der Waals surface area contributed by atoms with Crippen LogP contribution in [0.2, 0.25) is 0 Å². The van der Waals surface area contributed by atoms with Crippen molar-refractivity contribution in [3.8, 4) is 0 Å². The molecule has 5 heteroatoms. The lowest BCUT2D eigenvalue weighted by atomic mass is 9.96. The lowest BCUT2D eigenvalue weighted by molar-refractivity contribution is -0.137. The number of anilines is 1. The van der Waals surface area contributed by atoms with E-state index in [2.05, 4.69) is 0 Å². The van der Waals surface area contributed by atoms with Gasteiger partial charge in [0.25, 0.3) is 5.78 Å². The van der Waals surface area contributed by atoms with Crippen LogP contribution in [-0.4, -0.2) is 31.3 Å². The molecule has 5 nitrogen and oxygen atoms in total. The number of carbonyl (C=O) groups is 3. The number of esters is 1. The molecule has 0 bridgehead atoms. The molecule has 2 rings (SSSR count). The Morgan fingerprint density at radius 3 is 2.74 bits per heavy atom. The number of rotatable bonds is 3. The third-order valence-electron chi connectivity index (χ3n) is 3.14. The molecule has 0 N–H and O–H groups in total. The first kappa shape index (κ1) is 13.3. The third kappa shape index (κ3) is 2.36. The normalized spacial score (nSPS) is 14.0. The Bertz CT molecular complexity index is 550. The van der Waals surface area contributed by atoms with E-state index in [-0.39, 0.29) is 18.1 Å². The molecule has 1 aromatic carbocycles. The summed E-state index contributed by atoms with van der Waals surface area (Å²) in [6, 6.07) is 5.13. The van der Waals surface area contributed by atoms with Crippen molar-refractivity contribution in [3.05, 3.63) is 29.3 Å². The molecular formula is C14H15NO4. The summed E-state index contributed by atoms with van der Waals surface area (Å²) in [5.74, 6) is -1.65. The van der Waals surface area contributed by atoms with Gasteiger partial charge in [-0.3, -0.25) is 9.59 Å². The minimum absolute atomic E-state index is 0.0587. The third-order valence-corrected chi connectivity index (χ3v) is 3.14. The summed E-state index contributed by atoms with van der Waals surface area (Å²) in [5.41, 5.74) is 1.65. The zero-order valence-corrected chi connectivity index (χ0v) is 10.9. The van der Waals surface area contributed by atoms with Crippen molar-refractivity contribution in [2.24, 2.45) is 0 Å². The van der Waals surface area contributed by atoms with Gasteiger partial charge in [-0.05, 0) is 25.0 Å². The molecule has 0 saturated heterocycles. The number of benzene rings is 1. The number of Topliss-reactive ketones (excluding diaryl/α,β-unsaturated/α-hetero) is 1. The van der Waals surface area contributed by atoms with Crippen molar-refractivity contribution in [2.75, 3.05) is 18.6 Å². The van der Waals surface area contributed by atoms with Crippen molar-refractivity contribution in [1.82, 2.24) is 0 Å². The fourth-order valence-corrected chi connectivity index (χ4v) is 2.21. The number of para-hydroxylation sites is 1. The maximum absolute atomic E-state index is 12.0. The SMILES string of the molecule is CCOC(=O)C(=O)c1cccc2c1N(C)C(=O)CC2. The van der Waals surface area contributed by atoms with E-state index < -0.39 is 11.8 Å². The summed E-state index contributed by atoms with van der Waals surface area (Å²) in [6.45, 7) is 1.79. The van der Waals surface area contributed by atoms with E-state index in [1.165, 1.54) is 4.90 Å². The number of fused-ring (bicyclic) bond motifs is 1. The maximum Gasteiger partial charge on any atom is 0.379 e. The number of hydrogen-bond acceptors (Lipinski definition) is 4. The Morgan fingerprint density at radius 1 is 1.32 bits per heavy atom. The molecule has 1 amide bonds. The minimum atomic E-state index is -0.887. The smallest absolute Gasteiger partial charge is 0.379 e. The largest absolute Gasteiger partial charge is 0.460 e. The molecular weight excluding hydrogens is 246 g/mol. The van der Waals surface area contributed by atoms with E-state index in [1.54, 1.807) is 26.1 Å². The van der Waals surface area contributed by atoms with E-state index >= 15 is 0 Å². The van der Waals surface area contributed by atoms with Gasteiger partial charge in [-0.2, -0.15) is 0 Å². The highest BCUT2D eigenvalue weighted by Gasteiger charge is 2.29. The maximum atomic E-state index is 12.0. The molecule has 0 radical (unpaired) electrons. The molecule has 0 aliphatic carbocycles. The van der Waals surface area contributed by atoms with Gasteiger partial charge >= 0.3 is 5.97 Å². The van der Waals surface area contributed by atoms with Crippen LogP contribution in [0.3, 0.4) is 0 Å². The number of carbonyl (C=O) groups excluding carboxylic acids is 3. The zero-order chi connectivity index (χ0) is 14.0. The van der Waals surface area contributed by atoms with Crippen LogP contribution in [0.1, 0.15) is 29.3 Å². The van der Waals surface area contributed by atoms with Crippen molar-refractivity contribution in [3.63, 3.8) is 0 Å². The van der Waals surface area contributed by atoms with Crippen molar-refractivity contribution in [1.29, 1.82) is 0 Å². The predicted molar refractivity (Wildman–Crippen MR) is 69.1 cm³/mol. The van der Waals surface area contributed by atoms with E-state index in [1.807, 2.05) is 6.07 Å². The topological polar surface area (TPSA) is 63.7 Å². The van der Waals surface area contributed by atoms with Crippen LogP contribution in [0.15, 0.2) is 18.2 Å². The van der Waals surface area contributed by atoms with Crippen LogP contribution in [0.25, 0.3) is 0 Å². The van der Waals surface area contributed by atoms with Crippen LogP contribution in [0.5, 0.6) is 0 Å². The van der Waals surface area contributed by atoms with Gasteiger partial charge < -0.3 is 9.64 Å². The summed E-state index contributed by atoms with van der Waals surface area (Å²) < 4.78 is 4.72. The number of amides is 1. The molecule has 19 heavy (non-hydrogen) atoms. The quantitative estimate of drug-likeness (QED) is 0.468. The first-order valence-corrected chi connectivity index (χ1v) is 6.16. The van der Waals surface area contributed by atoms with Crippen molar-refractivity contribution < 1.29 is 19.1 Å².